The number of amides is 1. The van der Waals surface area contributed by atoms with E-state index in [1.54, 1.807) is 26.0 Å². The molecule has 0 aromatic heterocycles. The van der Waals surface area contributed by atoms with Crippen LogP contribution in [0, 0.1) is 6.92 Å². The smallest absolute Gasteiger partial charge is 0.251 e. The summed E-state index contributed by atoms with van der Waals surface area (Å²) < 4.78 is 0. The van der Waals surface area contributed by atoms with Crippen molar-refractivity contribution in [3.8, 4) is 5.75 Å². The average Bonchev–Trinajstić information content (AvgIpc) is 2.18. The average molecular weight is 209 g/mol. The zero-order chi connectivity index (χ0) is 11.4. The summed E-state index contributed by atoms with van der Waals surface area (Å²) in [6, 6.07) is 4.77. The molecule has 4 nitrogen and oxygen atoms in total. The molecule has 4 heteroatoms. The highest BCUT2D eigenvalue weighted by Gasteiger charge is 2.11. The maximum Gasteiger partial charge on any atom is 0.251 e. The Morgan fingerprint density at radius 1 is 1.53 bits per heavy atom. The van der Waals surface area contributed by atoms with Crippen LogP contribution in [0.4, 0.5) is 0 Å². The van der Waals surface area contributed by atoms with Gasteiger partial charge < -0.3 is 15.5 Å². The fourth-order valence-corrected chi connectivity index (χ4v) is 1.21. The molecule has 3 N–H and O–H groups in total. The molecule has 0 saturated carbocycles. The first-order valence-corrected chi connectivity index (χ1v) is 4.77. The standard InChI is InChI=1S/C11H15NO3/c1-7(13)6-12-11(15)9-4-3-5-10(14)8(9)2/h3-5,7,13-14H,6H2,1-2H3,(H,12,15)/t7-/m0/s1. The second kappa shape index (κ2) is 4.79. The van der Waals surface area contributed by atoms with Crippen molar-refractivity contribution in [2.45, 2.75) is 20.0 Å². The van der Waals surface area contributed by atoms with Gasteiger partial charge >= 0.3 is 0 Å². The number of benzene rings is 1. The van der Waals surface area contributed by atoms with E-state index in [1.807, 2.05) is 0 Å². The van der Waals surface area contributed by atoms with Crippen molar-refractivity contribution in [1.29, 1.82) is 0 Å². The number of rotatable bonds is 3. The normalized spacial score (nSPS) is 12.2. The van der Waals surface area contributed by atoms with Crippen molar-refractivity contribution in [3.05, 3.63) is 29.3 Å². The van der Waals surface area contributed by atoms with Gasteiger partial charge in [0, 0.05) is 17.7 Å². The van der Waals surface area contributed by atoms with Gasteiger partial charge in [-0.1, -0.05) is 6.07 Å². The van der Waals surface area contributed by atoms with Crippen molar-refractivity contribution in [2.24, 2.45) is 0 Å². The van der Waals surface area contributed by atoms with Crippen LogP contribution in [0.5, 0.6) is 5.75 Å². The number of aliphatic hydroxyl groups excluding tert-OH is 1. The Labute approximate surface area is 88.6 Å². The highest BCUT2D eigenvalue weighted by molar-refractivity contribution is 5.96. The summed E-state index contributed by atoms with van der Waals surface area (Å²) in [6.07, 6.45) is -0.577. The van der Waals surface area contributed by atoms with Crippen molar-refractivity contribution in [1.82, 2.24) is 5.32 Å². The zero-order valence-corrected chi connectivity index (χ0v) is 8.82. The van der Waals surface area contributed by atoms with Gasteiger partial charge in [0.2, 0.25) is 0 Å². The van der Waals surface area contributed by atoms with Crippen molar-refractivity contribution >= 4 is 5.91 Å². The lowest BCUT2D eigenvalue weighted by molar-refractivity contribution is 0.0923. The van der Waals surface area contributed by atoms with Gasteiger partial charge in [-0.2, -0.15) is 0 Å². The lowest BCUT2D eigenvalue weighted by Gasteiger charge is -2.09. The monoisotopic (exact) mass is 209 g/mol. The third-order valence-electron chi connectivity index (χ3n) is 2.11. The molecule has 0 fully saturated rings. The van der Waals surface area contributed by atoms with E-state index in [4.69, 9.17) is 5.11 Å². The van der Waals surface area contributed by atoms with Crippen LogP contribution in [0.2, 0.25) is 0 Å². The lowest BCUT2D eigenvalue weighted by atomic mass is 10.1. The molecular formula is C11H15NO3. The molecule has 0 unspecified atom stereocenters. The molecule has 0 saturated heterocycles. The molecule has 1 aromatic rings. The molecule has 0 bridgehead atoms. The summed E-state index contributed by atoms with van der Waals surface area (Å²) in [5, 5.41) is 21.0. The van der Waals surface area contributed by atoms with Gasteiger partial charge in [0.15, 0.2) is 0 Å². The Morgan fingerprint density at radius 3 is 2.80 bits per heavy atom. The van der Waals surface area contributed by atoms with E-state index in [1.165, 1.54) is 6.07 Å². The van der Waals surface area contributed by atoms with Crippen LogP contribution in [-0.4, -0.2) is 28.8 Å². The number of carbonyl (C=O) groups excluding carboxylic acids is 1. The predicted molar refractivity (Wildman–Crippen MR) is 56.9 cm³/mol. The number of hydrogen-bond acceptors (Lipinski definition) is 3. The molecule has 0 aliphatic heterocycles. The Morgan fingerprint density at radius 2 is 2.20 bits per heavy atom. The summed E-state index contributed by atoms with van der Waals surface area (Å²) in [4.78, 5) is 11.6. The number of phenolic OH excluding ortho intramolecular Hbond substituents is 1. The lowest BCUT2D eigenvalue weighted by Crippen LogP contribution is -2.30. The van der Waals surface area contributed by atoms with Crippen LogP contribution in [0.1, 0.15) is 22.8 Å². The van der Waals surface area contributed by atoms with Crippen molar-refractivity contribution < 1.29 is 15.0 Å². The van der Waals surface area contributed by atoms with E-state index in [0.717, 1.165) is 0 Å². The maximum atomic E-state index is 11.6. The fourth-order valence-electron chi connectivity index (χ4n) is 1.21. The highest BCUT2D eigenvalue weighted by atomic mass is 16.3. The quantitative estimate of drug-likeness (QED) is 0.690. The molecule has 0 aliphatic carbocycles. The molecular weight excluding hydrogens is 194 g/mol. The van der Waals surface area contributed by atoms with Crippen LogP contribution in [0.3, 0.4) is 0 Å². The fraction of sp³-hybridized carbons (Fsp3) is 0.364. The minimum Gasteiger partial charge on any atom is -0.508 e. The van der Waals surface area contributed by atoms with Gasteiger partial charge in [-0.15, -0.1) is 0 Å². The zero-order valence-electron chi connectivity index (χ0n) is 8.82. The molecule has 1 rings (SSSR count). The molecule has 0 aliphatic rings. The van der Waals surface area contributed by atoms with Crippen LogP contribution < -0.4 is 5.32 Å². The number of carbonyl (C=O) groups is 1. The van der Waals surface area contributed by atoms with E-state index in [-0.39, 0.29) is 18.2 Å². The minimum absolute atomic E-state index is 0.0969. The topological polar surface area (TPSA) is 69.6 Å². The molecule has 82 valence electrons. The molecule has 1 atom stereocenters. The van der Waals surface area contributed by atoms with Gasteiger partial charge in [0.1, 0.15) is 5.75 Å². The Hall–Kier alpha value is -1.55. The van der Waals surface area contributed by atoms with Crippen LogP contribution >= 0.6 is 0 Å². The van der Waals surface area contributed by atoms with E-state index >= 15 is 0 Å². The Bertz CT molecular complexity index is 361. The van der Waals surface area contributed by atoms with E-state index in [0.29, 0.717) is 11.1 Å². The number of aliphatic hydroxyl groups is 1. The van der Waals surface area contributed by atoms with Crippen LogP contribution in [-0.2, 0) is 0 Å². The summed E-state index contributed by atoms with van der Waals surface area (Å²) >= 11 is 0. The third-order valence-corrected chi connectivity index (χ3v) is 2.11. The Balaban J connectivity index is 2.78. The largest absolute Gasteiger partial charge is 0.508 e. The molecule has 0 heterocycles. The predicted octanol–water partition coefficient (Wildman–Crippen LogP) is 0.811. The van der Waals surface area contributed by atoms with Gasteiger partial charge in [-0.25, -0.2) is 0 Å². The first-order valence-electron chi connectivity index (χ1n) is 4.77. The second-order valence-electron chi connectivity index (χ2n) is 3.51. The molecule has 1 aromatic carbocycles. The van der Waals surface area contributed by atoms with E-state index in [2.05, 4.69) is 5.32 Å². The molecule has 15 heavy (non-hydrogen) atoms. The van der Waals surface area contributed by atoms with E-state index < -0.39 is 6.10 Å². The third kappa shape index (κ3) is 2.95. The van der Waals surface area contributed by atoms with Crippen LogP contribution in [0.25, 0.3) is 0 Å². The number of hydrogen-bond donors (Lipinski definition) is 3. The van der Waals surface area contributed by atoms with Crippen molar-refractivity contribution in [2.75, 3.05) is 6.54 Å². The van der Waals surface area contributed by atoms with Gasteiger partial charge in [-0.05, 0) is 26.0 Å². The highest BCUT2D eigenvalue weighted by Crippen LogP contribution is 2.19. The summed E-state index contributed by atoms with van der Waals surface area (Å²) in [6.45, 7) is 3.47. The van der Waals surface area contributed by atoms with Gasteiger partial charge in [-0.3, -0.25) is 4.79 Å². The van der Waals surface area contributed by atoms with Gasteiger partial charge in [0.05, 0.1) is 6.10 Å². The van der Waals surface area contributed by atoms with Crippen molar-refractivity contribution in [3.63, 3.8) is 0 Å². The second-order valence-corrected chi connectivity index (χ2v) is 3.51. The first-order chi connectivity index (χ1) is 7.02. The minimum atomic E-state index is -0.577. The summed E-state index contributed by atoms with van der Waals surface area (Å²) in [7, 11) is 0. The molecule has 1 amide bonds. The molecule has 0 radical (unpaired) electrons. The number of nitrogens with one attached hydrogen (secondary N) is 1. The van der Waals surface area contributed by atoms with Gasteiger partial charge in [0.25, 0.3) is 5.91 Å². The Kier molecular flexibility index (Phi) is 3.68. The number of aromatic hydroxyl groups is 1. The SMILES string of the molecule is Cc1c(O)cccc1C(=O)NC[C@H](C)O. The molecule has 0 spiro atoms. The summed E-state index contributed by atoms with van der Waals surface area (Å²) in [5.41, 5.74) is 0.969. The maximum absolute atomic E-state index is 11.6. The summed E-state index contributed by atoms with van der Waals surface area (Å²) in [5.74, 6) is -0.191. The number of phenols is 1. The van der Waals surface area contributed by atoms with Crippen LogP contribution in [0.15, 0.2) is 18.2 Å². The van der Waals surface area contributed by atoms with E-state index in [9.17, 15) is 9.90 Å². The first kappa shape index (κ1) is 11.5.